The molecule has 1 aromatic rings. The van der Waals surface area contributed by atoms with Gasteiger partial charge in [0.15, 0.2) is 11.6 Å². The van der Waals surface area contributed by atoms with E-state index in [1.807, 2.05) is 11.8 Å². The number of aryl methyl sites for hydroxylation is 1. The van der Waals surface area contributed by atoms with Gasteiger partial charge in [0.05, 0.1) is 0 Å². The highest BCUT2D eigenvalue weighted by molar-refractivity contribution is 5.77. The Kier molecular flexibility index (Phi) is 6.10. The van der Waals surface area contributed by atoms with Gasteiger partial charge in [-0.25, -0.2) is 8.78 Å². The van der Waals surface area contributed by atoms with Crippen LogP contribution in [0.25, 0.3) is 0 Å². The third-order valence-electron chi connectivity index (χ3n) is 4.75. The second kappa shape index (κ2) is 7.86. The predicted molar refractivity (Wildman–Crippen MR) is 87.2 cm³/mol. The molecule has 1 aliphatic carbocycles. The lowest BCUT2D eigenvalue weighted by atomic mass is 9.91. The maximum absolute atomic E-state index is 13.5. The van der Waals surface area contributed by atoms with E-state index in [-0.39, 0.29) is 24.3 Å². The molecule has 3 nitrogen and oxygen atoms in total. The van der Waals surface area contributed by atoms with Gasteiger partial charge in [0, 0.05) is 31.5 Å². The summed E-state index contributed by atoms with van der Waals surface area (Å²) in [6, 6.07) is 2.16. The number of unbranched alkanes of at least 4 members (excludes halogenated alkanes) is 1. The second-order valence-corrected chi connectivity index (χ2v) is 6.31. The van der Waals surface area contributed by atoms with Crippen LogP contribution in [0.2, 0.25) is 0 Å². The molecule has 0 saturated heterocycles. The lowest BCUT2D eigenvalue weighted by Gasteiger charge is -2.25. The summed E-state index contributed by atoms with van der Waals surface area (Å²) in [5.41, 5.74) is 7.82. The Bertz CT molecular complexity index is 562. The highest BCUT2D eigenvalue weighted by Gasteiger charge is 2.31. The molecule has 0 spiro atoms. The average molecular weight is 324 g/mol. The molecule has 2 rings (SSSR count). The van der Waals surface area contributed by atoms with Gasteiger partial charge in [0.25, 0.3) is 0 Å². The minimum atomic E-state index is -0.840. The van der Waals surface area contributed by atoms with Crippen LogP contribution in [0.4, 0.5) is 8.78 Å². The van der Waals surface area contributed by atoms with Gasteiger partial charge in [0.1, 0.15) is 0 Å². The SMILES string of the molecule is CCCCN(CC)C(=O)CC(N)C1CCc2cc(F)c(F)cc21. The van der Waals surface area contributed by atoms with E-state index in [0.29, 0.717) is 13.0 Å². The predicted octanol–water partition coefficient (Wildman–Crippen LogP) is 3.36. The number of benzene rings is 1. The van der Waals surface area contributed by atoms with Crippen LogP contribution >= 0.6 is 0 Å². The van der Waals surface area contributed by atoms with Crippen LogP contribution in [0.5, 0.6) is 0 Å². The van der Waals surface area contributed by atoms with Gasteiger partial charge in [0.2, 0.25) is 5.91 Å². The molecular weight excluding hydrogens is 298 g/mol. The molecule has 2 unspecified atom stereocenters. The number of hydrogen-bond acceptors (Lipinski definition) is 2. The van der Waals surface area contributed by atoms with Crippen LogP contribution in [0.1, 0.15) is 56.6 Å². The van der Waals surface area contributed by atoms with Crippen LogP contribution in [0.3, 0.4) is 0 Å². The molecule has 1 amide bonds. The molecule has 2 N–H and O–H groups in total. The van der Waals surface area contributed by atoms with E-state index in [4.69, 9.17) is 5.73 Å². The summed E-state index contributed by atoms with van der Waals surface area (Å²) in [4.78, 5) is 14.2. The van der Waals surface area contributed by atoms with Crippen molar-refractivity contribution in [3.8, 4) is 0 Å². The van der Waals surface area contributed by atoms with Gasteiger partial charge >= 0.3 is 0 Å². The number of hydrogen-bond donors (Lipinski definition) is 1. The Morgan fingerprint density at radius 3 is 2.70 bits per heavy atom. The van der Waals surface area contributed by atoms with Crippen molar-refractivity contribution in [2.45, 2.75) is 57.9 Å². The van der Waals surface area contributed by atoms with Crippen LogP contribution in [-0.4, -0.2) is 29.9 Å². The van der Waals surface area contributed by atoms with Gasteiger partial charge in [-0.05, 0) is 49.4 Å². The molecule has 0 aliphatic heterocycles. The Labute approximate surface area is 136 Å². The summed E-state index contributed by atoms with van der Waals surface area (Å²) in [6.07, 6.45) is 3.70. The largest absolute Gasteiger partial charge is 0.343 e. The molecule has 128 valence electrons. The second-order valence-electron chi connectivity index (χ2n) is 6.31. The van der Waals surface area contributed by atoms with Crippen molar-refractivity contribution in [2.75, 3.05) is 13.1 Å². The fraction of sp³-hybridized carbons (Fsp3) is 0.611. The first kappa shape index (κ1) is 17.9. The summed E-state index contributed by atoms with van der Waals surface area (Å²) in [5.74, 6) is -1.68. The molecule has 0 heterocycles. The summed E-state index contributed by atoms with van der Waals surface area (Å²) in [7, 11) is 0. The Balaban J connectivity index is 2.04. The van der Waals surface area contributed by atoms with Crippen molar-refractivity contribution < 1.29 is 13.6 Å². The molecule has 0 fully saturated rings. The molecule has 1 aromatic carbocycles. The van der Waals surface area contributed by atoms with Crippen molar-refractivity contribution in [2.24, 2.45) is 5.73 Å². The number of carbonyl (C=O) groups excluding carboxylic acids is 1. The summed E-state index contributed by atoms with van der Waals surface area (Å²) in [6.45, 7) is 5.47. The summed E-state index contributed by atoms with van der Waals surface area (Å²) in [5, 5.41) is 0. The van der Waals surface area contributed by atoms with E-state index in [1.54, 1.807) is 0 Å². The maximum atomic E-state index is 13.5. The van der Waals surface area contributed by atoms with Crippen molar-refractivity contribution >= 4 is 5.91 Å². The number of amides is 1. The first-order chi connectivity index (χ1) is 11.0. The number of fused-ring (bicyclic) bond motifs is 1. The van der Waals surface area contributed by atoms with Crippen molar-refractivity contribution in [1.29, 1.82) is 0 Å². The fourth-order valence-electron chi connectivity index (χ4n) is 3.36. The van der Waals surface area contributed by atoms with Crippen LogP contribution in [-0.2, 0) is 11.2 Å². The molecule has 5 heteroatoms. The van der Waals surface area contributed by atoms with Gasteiger partial charge in [-0.1, -0.05) is 13.3 Å². The zero-order valence-corrected chi connectivity index (χ0v) is 13.9. The third kappa shape index (κ3) is 4.08. The van der Waals surface area contributed by atoms with Crippen LogP contribution in [0.15, 0.2) is 12.1 Å². The van der Waals surface area contributed by atoms with Gasteiger partial charge in [-0.3, -0.25) is 4.79 Å². The molecule has 0 aromatic heterocycles. The summed E-state index contributed by atoms with van der Waals surface area (Å²) >= 11 is 0. The zero-order chi connectivity index (χ0) is 17.0. The van der Waals surface area contributed by atoms with E-state index in [2.05, 4.69) is 6.92 Å². The Hall–Kier alpha value is -1.49. The molecule has 0 radical (unpaired) electrons. The topological polar surface area (TPSA) is 46.3 Å². The number of nitrogens with two attached hydrogens (primary N) is 1. The smallest absolute Gasteiger partial charge is 0.224 e. The van der Waals surface area contributed by atoms with Crippen LogP contribution < -0.4 is 5.73 Å². The molecule has 1 aliphatic rings. The fourth-order valence-corrected chi connectivity index (χ4v) is 3.36. The maximum Gasteiger partial charge on any atom is 0.224 e. The number of halogens is 2. The van der Waals surface area contributed by atoms with Crippen molar-refractivity contribution in [3.63, 3.8) is 0 Å². The highest BCUT2D eigenvalue weighted by atomic mass is 19.2. The molecule has 23 heavy (non-hydrogen) atoms. The van der Waals surface area contributed by atoms with Crippen LogP contribution in [0, 0.1) is 11.6 Å². The highest BCUT2D eigenvalue weighted by Crippen LogP contribution is 2.37. The number of rotatable bonds is 7. The first-order valence-corrected chi connectivity index (χ1v) is 8.49. The molecular formula is C18H26F2N2O. The molecule has 2 atom stereocenters. The summed E-state index contributed by atoms with van der Waals surface area (Å²) < 4.78 is 26.8. The van der Waals surface area contributed by atoms with Gasteiger partial charge < -0.3 is 10.6 Å². The van der Waals surface area contributed by atoms with E-state index in [9.17, 15) is 13.6 Å². The van der Waals surface area contributed by atoms with E-state index < -0.39 is 11.6 Å². The van der Waals surface area contributed by atoms with E-state index in [0.717, 1.165) is 36.9 Å². The minimum Gasteiger partial charge on any atom is -0.343 e. The van der Waals surface area contributed by atoms with E-state index in [1.165, 1.54) is 12.1 Å². The van der Waals surface area contributed by atoms with Gasteiger partial charge in [-0.15, -0.1) is 0 Å². The zero-order valence-electron chi connectivity index (χ0n) is 13.9. The first-order valence-electron chi connectivity index (χ1n) is 8.49. The minimum absolute atomic E-state index is 0.0458. The lowest BCUT2D eigenvalue weighted by molar-refractivity contribution is -0.131. The lowest BCUT2D eigenvalue weighted by Crippen LogP contribution is -2.38. The standard InChI is InChI=1S/C18H26F2N2O/c1-3-5-8-22(4-2)18(23)11-17(21)13-7-6-12-9-15(19)16(20)10-14(12)13/h9-10,13,17H,3-8,11,21H2,1-2H3. The number of carbonyl (C=O) groups is 1. The van der Waals surface area contributed by atoms with Crippen molar-refractivity contribution in [1.82, 2.24) is 4.90 Å². The molecule has 0 bridgehead atoms. The normalized spacial score (nSPS) is 17.9. The average Bonchev–Trinajstić information content (AvgIpc) is 2.91. The Morgan fingerprint density at radius 1 is 1.35 bits per heavy atom. The van der Waals surface area contributed by atoms with Gasteiger partial charge in [-0.2, -0.15) is 0 Å². The molecule has 0 saturated carbocycles. The van der Waals surface area contributed by atoms with Crippen molar-refractivity contribution in [3.05, 3.63) is 34.9 Å². The Morgan fingerprint density at radius 2 is 2.04 bits per heavy atom. The monoisotopic (exact) mass is 324 g/mol. The van der Waals surface area contributed by atoms with E-state index >= 15 is 0 Å². The third-order valence-corrected chi connectivity index (χ3v) is 4.75. The quantitative estimate of drug-likeness (QED) is 0.836. The number of nitrogens with zero attached hydrogens (tertiary/aromatic N) is 1.